The molecule has 0 radical (unpaired) electrons. The van der Waals surface area contributed by atoms with Gasteiger partial charge in [0.1, 0.15) is 11.6 Å². The highest BCUT2D eigenvalue weighted by Gasteiger charge is 2.24. The molecule has 0 aliphatic carbocycles. The number of carbonyl (C=O) groups excluding carboxylic acids is 1. The lowest BCUT2D eigenvalue weighted by atomic mass is 10.2. The first kappa shape index (κ1) is 21.4. The molecule has 1 aliphatic rings. The predicted molar refractivity (Wildman–Crippen MR) is 130 cm³/mol. The minimum Gasteiger partial charge on any atom is -0.354 e. The second-order valence-electron chi connectivity index (χ2n) is 8.34. The Labute approximate surface area is 197 Å². The molecule has 0 saturated carbocycles. The Morgan fingerprint density at radius 1 is 0.939 bits per heavy atom. The Balaban J connectivity index is 1.43. The van der Waals surface area contributed by atoms with Crippen LogP contribution < -0.4 is 4.90 Å². The van der Waals surface area contributed by atoms with Gasteiger partial charge >= 0.3 is 0 Å². The summed E-state index contributed by atoms with van der Waals surface area (Å²) in [5.41, 5.74) is 3.50. The van der Waals surface area contributed by atoms with Crippen LogP contribution in [0.4, 0.5) is 5.82 Å². The quantitative estimate of drug-likeness (QED) is 0.452. The molecule has 1 amide bonds. The molecule has 0 atom stereocenters. The Bertz CT molecular complexity index is 1320. The van der Waals surface area contributed by atoms with Crippen molar-refractivity contribution in [3.63, 3.8) is 0 Å². The third-order valence-corrected chi connectivity index (χ3v) is 6.32. The zero-order valence-corrected chi connectivity index (χ0v) is 19.5. The van der Waals surface area contributed by atoms with Gasteiger partial charge in [0.25, 0.3) is 5.91 Å². The maximum atomic E-state index is 13.1. The van der Waals surface area contributed by atoms with E-state index in [0.29, 0.717) is 36.0 Å². The van der Waals surface area contributed by atoms with Gasteiger partial charge in [0, 0.05) is 26.2 Å². The van der Waals surface area contributed by atoms with E-state index in [4.69, 9.17) is 16.6 Å². The first-order valence-corrected chi connectivity index (χ1v) is 11.5. The number of benzene rings is 2. The van der Waals surface area contributed by atoms with Gasteiger partial charge in [0.2, 0.25) is 0 Å². The first-order chi connectivity index (χ1) is 16.0. The van der Waals surface area contributed by atoms with E-state index in [1.165, 1.54) is 5.56 Å². The summed E-state index contributed by atoms with van der Waals surface area (Å²) >= 11 is 6.26. The summed E-state index contributed by atoms with van der Waals surface area (Å²) in [4.78, 5) is 26.6. The van der Waals surface area contributed by atoms with Gasteiger partial charge in [-0.25, -0.2) is 14.6 Å². The Hall–Kier alpha value is -3.45. The number of amides is 1. The van der Waals surface area contributed by atoms with Gasteiger partial charge in [-0.2, -0.15) is 5.10 Å². The summed E-state index contributed by atoms with van der Waals surface area (Å²) in [5, 5.41) is 6.01. The number of nitrogens with zero attached hydrogens (tertiary/aromatic N) is 6. The maximum absolute atomic E-state index is 13.1. The molecule has 4 aromatic rings. The van der Waals surface area contributed by atoms with E-state index < -0.39 is 0 Å². The molecular weight excluding hydrogens is 436 g/mol. The van der Waals surface area contributed by atoms with Gasteiger partial charge in [0.05, 0.1) is 27.9 Å². The number of anilines is 1. The molecule has 0 unspecified atom stereocenters. The van der Waals surface area contributed by atoms with Crippen LogP contribution in [0.2, 0.25) is 5.02 Å². The number of rotatable bonds is 3. The lowest BCUT2D eigenvalue weighted by Crippen LogP contribution is -2.35. The van der Waals surface area contributed by atoms with Crippen molar-refractivity contribution < 1.29 is 4.79 Å². The fourth-order valence-electron chi connectivity index (χ4n) is 4.25. The third kappa shape index (κ3) is 4.16. The standard InChI is InChI=1S/C25H25ClN6O/c1-17-8-10-19(11-9-17)32-24-21(16-27-32)23(28-18(2)29-24)30-12-5-13-31(15-14-30)25(33)20-6-3-4-7-22(20)26/h3-4,6-11,16H,5,12-15H2,1-2H3. The van der Waals surface area contributed by atoms with E-state index in [9.17, 15) is 4.79 Å². The van der Waals surface area contributed by atoms with E-state index in [2.05, 4.69) is 34.0 Å². The third-order valence-electron chi connectivity index (χ3n) is 5.99. The molecule has 1 aliphatic heterocycles. The smallest absolute Gasteiger partial charge is 0.255 e. The molecule has 1 fully saturated rings. The average Bonchev–Trinajstić information content (AvgIpc) is 3.07. The molecule has 1 saturated heterocycles. The summed E-state index contributed by atoms with van der Waals surface area (Å²) in [6.45, 7) is 6.72. The lowest BCUT2D eigenvalue weighted by Gasteiger charge is -2.23. The van der Waals surface area contributed by atoms with Crippen molar-refractivity contribution in [2.24, 2.45) is 0 Å². The summed E-state index contributed by atoms with van der Waals surface area (Å²) in [5.74, 6) is 1.53. The summed E-state index contributed by atoms with van der Waals surface area (Å²) in [7, 11) is 0. The van der Waals surface area contributed by atoms with E-state index in [1.807, 2.05) is 47.0 Å². The summed E-state index contributed by atoms with van der Waals surface area (Å²) < 4.78 is 1.86. The van der Waals surface area contributed by atoms with E-state index >= 15 is 0 Å². The van der Waals surface area contributed by atoms with Crippen LogP contribution in [0.5, 0.6) is 0 Å². The Morgan fingerprint density at radius 3 is 2.52 bits per heavy atom. The zero-order valence-electron chi connectivity index (χ0n) is 18.7. The first-order valence-electron chi connectivity index (χ1n) is 11.1. The van der Waals surface area contributed by atoms with Crippen molar-refractivity contribution in [1.82, 2.24) is 24.6 Å². The Morgan fingerprint density at radius 2 is 1.73 bits per heavy atom. The topological polar surface area (TPSA) is 67.2 Å². The number of carbonyl (C=O) groups is 1. The van der Waals surface area contributed by atoms with Crippen LogP contribution in [0.15, 0.2) is 54.7 Å². The minimum atomic E-state index is -0.0290. The number of hydrogen-bond donors (Lipinski definition) is 0. The highest BCUT2D eigenvalue weighted by Crippen LogP contribution is 2.27. The van der Waals surface area contributed by atoms with Gasteiger partial charge in [-0.3, -0.25) is 4.79 Å². The van der Waals surface area contributed by atoms with E-state index in [1.54, 1.807) is 12.1 Å². The highest BCUT2D eigenvalue weighted by atomic mass is 35.5. The van der Waals surface area contributed by atoms with E-state index in [-0.39, 0.29) is 5.91 Å². The van der Waals surface area contributed by atoms with Crippen molar-refractivity contribution in [2.75, 3.05) is 31.1 Å². The minimum absolute atomic E-state index is 0.0290. The number of fused-ring (bicyclic) bond motifs is 1. The second-order valence-corrected chi connectivity index (χ2v) is 8.74. The molecule has 0 N–H and O–H groups in total. The average molecular weight is 461 g/mol. The molecule has 7 nitrogen and oxygen atoms in total. The highest BCUT2D eigenvalue weighted by molar-refractivity contribution is 6.33. The van der Waals surface area contributed by atoms with Crippen LogP contribution in [-0.2, 0) is 0 Å². The fraction of sp³-hybridized carbons (Fsp3) is 0.280. The molecule has 0 spiro atoms. The van der Waals surface area contributed by atoms with Crippen LogP contribution in [0, 0.1) is 13.8 Å². The van der Waals surface area contributed by atoms with Gasteiger partial charge in [0.15, 0.2) is 5.65 Å². The molecule has 3 heterocycles. The molecule has 33 heavy (non-hydrogen) atoms. The monoisotopic (exact) mass is 460 g/mol. The van der Waals surface area contributed by atoms with Crippen molar-refractivity contribution in [2.45, 2.75) is 20.3 Å². The summed E-state index contributed by atoms with van der Waals surface area (Å²) in [6, 6.07) is 15.4. The lowest BCUT2D eigenvalue weighted by molar-refractivity contribution is 0.0767. The van der Waals surface area contributed by atoms with Crippen LogP contribution in [0.1, 0.15) is 28.2 Å². The SMILES string of the molecule is Cc1ccc(-n2ncc3c(N4CCCN(C(=O)c5ccccc5Cl)CC4)nc(C)nc32)cc1. The largest absolute Gasteiger partial charge is 0.354 e. The fourth-order valence-corrected chi connectivity index (χ4v) is 4.47. The molecular formula is C25H25ClN6O. The van der Waals surface area contributed by atoms with Crippen molar-refractivity contribution in [3.05, 3.63) is 76.7 Å². The van der Waals surface area contributed by atoms with Crippen LogP contribution in [0.3, 0.4) is 0 Å². The number of hydrogen-bond acceptors (Lipinski definition) is 5. The molecule has 2 aromatic heterocycles. The molecule has 8 heteroatoms. The van der Waals surface area contributed by atoms with E-state index in [0.717, 1.165) is 35.5 Å². The Kier molecular flexibility index (Phi) is 5.72. The number of aryl methyl sites for hydroxylation is 2. The molecule has 5 rings (SSSR count). The zero-order chi connectivity index (χ0) is 22.9. The van der Waals surface area contributed by atoms with Crippen LogP contribution >= 0.6 is 11.6 Å². The summed E-state index contributed by atoms with van der Waals surface area (Å²) in [6.07, 6.45) is 2.67. The normalized spacial score (nSPS) is 14.5. The van der Waals surface area contributed by atoms with Crippen molar-refractivity contribution in [1.29, 1.82) is 0 Å². The van der Waals surface area contributed by atoms with Crippen molar-refractivity contribution >= 4 is 34.4 Å². The van der Waals surface area contributed by atoms with Crippen LogP contribution in [-0.4, -0.2) is 56.7 Å². The predicted octanol–water partition coefficient (Wildman–Crippen LogP) is 4.44. The van der Waals surface area contributed by atoms with Crippen molar-refractivity contribution in [3.8, 4) is 5.69 Å². The van der Waals surface area contributed by atoms with Gasteiger partial charge in [-0.1, -0.05) is 41.4 Å². The second kappa shape index (κ2) is 8.83. The molecule has 0 bridgehead atoms. The van der Waals surface area contributed by atoms with Gasteiger partial charge < -0.3 is 9.80 Å². The number of halogens is 1. The number of aromatic nitrogens is 4. The molecule has 168 valence electrons. The van der Waals surface area contributed by atoms with Gasteiger partial charge in [-0.15, -0.1) is 0 Å². The van der Waals surface area contributed by atoms with Crippen LogP contribution in [0.25, 0.3) is 16.7 Å². The molecule has 2 aromatic carbocycles. The maximum Gasteiger partial charge on any atom is 0.255 e. The van der Waals surface area contributed by atoms with Gasteiger partial charge in [-0.05, 0) is 44.5 Å².